The normalized spacial score (nSPS) is 25.6. The maximum absolute atomic E-state index is 11.4. The van der Waals surface area contributed by atoms with E-state index in [0.29, 0.717) is 6.54 Å². The Kier molecular flexibility index (Phi) is 3.07. The molecule has 2 aromatic rings. The molecule has 2 N–H and O–H groups in total. The molecule has 0 aliphatic carbocycles. The van der Waals surface area contributed by atoms with Crippen LogP contribution in [0.4, 0.5) is 4.79 Å². The van der Waals surface area contributed by atoms with Crippen molar-refractivity contribution in [2.75, 3.05) is 19.6 Å². The van der Waals surface area contributed by atoms with Gasteiger partial charge in [0.05, 0.1) is 24.1 Å². The van der Waals surface area contributed by atoms with E-state index in [1.54, 1.807) is 0 Å². The fourth-order valence-electron chi connectivity index (χ4n) is 3.52. The second-order valence-electron chi connectivity index (χ2n) is 6.44. The molecule has 0 radical (unpaired) electrons. The minimum Gasteiger partial charge on any atom is -0.440 e. The number of amides is 1. The van der Waals surface area contributed by atoms with Crippen LogP contribution in [-0.2, 0) is 11.3 Å². The lowest BCUT2D eigenvalue weighted by atomic mass is 9.93. The molecule has 1 aromatic heterocycles. The van der Waals surface area contributed by atoms with Crippen LogP contribution in [0.5, 0.6) is 0 Å². The Labute approximate surface area is 128 Å². The molecular formula is C16H20N4O2. The Bertz CT molecular complexity index is 726. The summed E-state index contributed by atoms with van der Waals surface area (Å²) < 4.78 is 5.51. The van der Waals surface area contributed by atoms with Gasteiger partial charge in [-0.05, 0) is 44.0 Å². The molecule has 1 spiro atoms. The van der Waals surface area contributed by atoms with Gasteiger partial charge in [0.15, 0.2) is 0 Å². The minimum absolute atomic E-state index is 0.291. The molecule has 0 saturated carbocycles. The van der Waals surface area contributed by atoms with Gasteiger partial charge in [-0.3, -0.25) is 4.90 Å². The van der Waals surface area contributed by atoms with Crippen LogP contribution in [0.15, 0.2) is 18.2 Å². The van der Waals surface area contributed by atoms with Crippen molar-refractivity contribution in [2.45, 2.75) is 31.9 Å². The summed E-state index contributed by atoms with van der Waals surface area (Å²) in [6.45, 7) is 5.22. The van der Waals surface area contributed by atoms with Crippen LogP contribution >= 0.6 is 0 Å². The van der Waals surface area contributed by atoms with Gasteiger partial charge in [0.1, 0.15) is 11.4 Å². The van der Waals surface area contributed by atoms with Gasteiger partial charge in [-0.2, -0.15) is 0 Å². The molecule has 2 aliphatic heterocycles. The van der Waals surface area contributed by atoms with Gasteiger partial charge in [0.25, 0.3) is 0 Å². The number of nitrogens with zero attached hydrogens (tertiary/aromatic N) is 2. The molecule has 1 aromatic carbocycles. The molecule has 4 rings (SSSR count). The van der Waals surface area contributed by atoms with E-state index in [1.807, 2.05) is 6.07 Å². The van der Waals surface area contributed by atoms with Crippen LogP contribution in [0.2, 0.25) is 0 Å². The van der Waals surface area contributed by atoms with E-state index in [9.17, 15) is 4.79 Å². The summed E-state index contributed by atoms with van der Waals surface area (Å²) in [6.07, 6.45) is 1.68. The van der Waals surface area contributed by atoms with Gasteiger partial charge in [-0.15, -0.1) is 0 Å². The number of hydrogen-bond donors (Lipinski definition) is 2. The monoisotopic (exact) mass is 300 g/mol. The lowest BCUT2D eigenvalue weighted by Gasteiger charge is -2.37. The summed E-state index contributed by atoms with van der Waals surface area (Å²) in [5.74, 6) is 0.968. The summed E-state index contributed by atoms with van der Waals surface area (Å²) in [6, 6.07) is 6.24. The number of alkyl carbamates (subject to hydrolysis) is 1. The van der Waals surface area contributed by atoms with Gasteiger partial charge in [-0.25, -0.2) is 9.78 Å². The van der Waals surface area contributed by atoms with Gasteiger partial charge in [-0.1, -0.05) is 6.07 Å². The first kappa shape index (κ1) is 13.6. The Morgan fingerprint density at radius 3 is 3.18 bits per heavy atom. The van der Waals surface area contributed by atoms with Crippen molar-refractivity contribution in [2.24, 2.45) is 0 Å². The lowest BCUT2D eigenvalue weighted by molar-refractivity contribution is -0.0117. The van der Waals surface area contributed by atoms with Gasteiger partial charge >= 0.3 is 6.09 Å². The fourth-order valence-corrected chi connectivity index (χ4v) is 3.52. The molecule has 2 aliphatic rings. The lowest BCUT2D eigenvalue weighted by Crippen LogP contribution is -2.50. The van der Waals surface area contributed by atoms with Crippen LogP contribution in [0.1, 0.15) is 24.2 Å². The Balaban J connectivity index is 1.51. The van der Waals surface area contributed by atoms with Crippen molar-refractivity contribution in [1.29, 1.82) is 0 Å². The molecule has 0 bridgehead atoms. The number of benzene rings is 1. The number of likely N-dealkylation sites (tertiary alicyclic amines) is 1. The second kappa shape index (κ2) is 4.98. The average Bonchev–Trinajstić information content (AvgIpc) is 3.02. The highest BCUT2D eigenvalue weighted by Crippen LogP contribution is 2.28. The number of nitrogens with one attached hydrogen (secondary N) is 2. The van der Waals surface area contributed by atoms with Crippen LogP contribution in [-0.4, -0.2) is 46.2 Å². The SMILES string of the molecule is Cc1ccc2nc(CN3CCC[C@@]4(CNC(=O)O4)C3)[nH]c2c1. The number of imidazole rings is 1. The minimum atomic E-state index is -0.349. The molecule has 6 nitrogen and oxygen atoms in total. The molecule has 1 atom stereocenters. The molecule has 22 heavy (non-hydrogen) atoms. The van der Waals surface area contributed by atoms with E-state index < -0.39 is 0 Å². The third kappa shape index (κ3) is 2.43. The van der Waals surface area contributed by atoms with E-state index in [2.05, 4.69) is 39.2 Å². The zero-order chi connectivity index (χ0) is 15.2. The fraction of sp³-hybridized carbons (Fsp3) is 0.500. The van der Waals surface area contributed by atoms with Crippen molar-refractivity contribution in [3.63, 3.8) is 0 Å². The number of carbonyl (C=O) groups is 1. The van der Waals surface area contributed by atoms with Crippen LogP contribution in [0, 0.1) is 6.92 Å². The van der Waals surface area contributed by atoms with Crippen molar-refractivity contribution >= 4 is 17.1 Å². The Morgan fingerprint density at radius 1 is 1.45 bits per heavy atom. The van der Waals surface area contributed by atoms with Crippen molar-refractivity contribution in [1.82, 2.24) is 20.2 Å². The van der Waals surface area contributed by atoms with Crippen molar-refractivity contribution in [3.8, 4) is 0 Å². The highest BCUT2D eigenvalue weighted by atomic mass is 16.6. The van der Waals surface area contributed by atoms with Crippen LogP contribution in [0.25, 0.3) is 11.0 Å². The zero-order valence-electron chi connectivity index (χ0n) is 12.7. The molecule has 0 unspecified atom stereocenters. The molecule has 116 valence electrons. The topological polar surface area (TPSA) is 70.2 Å². The molecule has 3 heterocycles. The highest BCUT2D eigenvalue weighted by Gasteiger charge is 2.43. The van der Waals surface area contributed by atoms with E-state index in [-0.39, 0.29) is 11.7 Å². The molecular weight excluding hydrogens is 280 g/mol. The Hall–Kier alpha value is -2.08. The average molecular weight is 300 g/mol. The number of H-pyrrole nitrogens is 1. The van der Waals surface area contributed by atoms with Crippen molar-refractivity contribution in [3.05, 3.63) is 29.6 Å². The first-order valence-electron chi connectivity index (χ1n) is 7.76. The first-order valence-corrected chi connectivity index (χ1v) is 7.76. The largest absolute Gasteiger partial charge is 0.440 e. The number of rotatable bonds is 2. The molecule has 1 amide bonds. The summed E-state index contributed by atoms with van der Waals surface area (Å²) in [5, 5.41) is 2.78. The molecule has 6 heteroatoms. The summed E-state index contributed by atoms with van der Waals surface area (Å²) >= 11 is 0. The number of aromatic amines is 1. The number of piperidine rings is 1. The number of hydrogen-bond acceptors (Lipinski definition) is 4. The van der Waals surface area contributed by atoms with Crippen molar-refractivity contribution < 1.29 is 9.53 Å². The van der Waals surface area contributed by atoms with Gasteiger partial charge in [0.2, 0.25) is 0 Å². The third-order valence-electron chi connectivity index (χ3n) is 4.54. The van der Waals surface area contributed by atoms with E-state index in [1.165, 1.54) is 5.56 Å². The quantitative estimate of drug-likeness (QED) is 0.889. The standard InChI is InChI=1S/C16H20N4O2/c1-11-3-4-12-13(7-11)19-14(18-12)8-20-6-2-5-16(10-20)9-17-15(21)22-16/h3-4,7H,2,5-6,8-10H2,1H3,(H,17,21)(H,18,19)/t16-/m1/s1. The number of ether oxygens (including phenoxy) is 1. The highest BCUT2D eigenvalue weighted by molar-refractivity contribution is 5.75. The summed E-state index contributed by atoms with van der Waals surface area (Å²) in [7, 11) is 0. The number of aromatic nitrogens is 2. The molecule has 2 fully saturated rings. The molecule has 2 saturated heterocycles. The summed E-state index contributed by atoms with van der Waals surface area (Å²) in [5.41, 5.74) is 2.96. The third-order valence-corrected chi connectivity index (χ3v) is 4.54. The number of carbonyl (C=O) groups excluding carboxylic acids is 1. The predicted octanol–water partition coefficient (Wildman–Crippen LogP) is 1.95. The Morgan fingerprint density at radius 2 is 2.36 bits per heavy atom. The van der Waals surface area contributed by atoms with E-state index in [0.717, 1.165) is 49.3 Å². The van der Waals surface area contributed by atoms with Crippen LogP contribution in [0.3, 0.4) is 0 Å². The van der Waals surface area contributed by atoms with Crippen LogP contribution < -0.4 is 5.32 Å². The van der Waals surface area contributed by atoms with Gasteiger partial charge < -0.3 is 15.0 Å². The maximum atomic E-state index is 11.4. The summed E-state index contributed by atoms with van der Waals surface area (Å²) in [4.78, 5) is 21.7. The van der Waals surface area contributed by atoms with E-state index in [4.69, 9.17) is 4.74 Å². The second-order valence-corrected chi connectivity index (χ2v) is 6.44. The number of aryl methyl sites for hydroxylation is 1. The van der Waals surface area contributed by atoms with E-state index >= 15 is 0 Å². The smallest absolute Gasteiger partial charge is 0.407 e. The predicted molar refractivity (Wildman–Crippen MR) is 82.6 cm³/mol. The zero-order valence-corrected chi connectivity index (χ0v) is 12.7. The maximum Gasteiger partial charge on any atom is 0.407 e. The van der Waals surface area contributed by atoms with Gasteiger partial charge in [0, 0.05) is 6.54 Å². The first-order chi connectivity index (χ1) is 10.6. The number of fused-ring (bicyclic) bond motifs is 1.